The highest BCUT2D eigenvalue weighted by atomic mass is 28.4. The molecule has 4 rings (SSSR count). The summed E-state index contributed by atoms with van der Waals surface area (Å²) in [5, 5.41) is 0.160. The van der Waals surface area contributed by atoms with E-state index in [4.69, 9.17) is 28.2 Å². The van der Waals surface area contributed by atoms with E-state index in [0.29, 0.717) is 36.9 Å². The molecule has 1 fully saturated rings. The summed E-state index contributed by atoms with van der Waals surface area (Å²) in [5.41, 5.74) is 5.70. The first-order valence-corrected chi connectivity index (χ1v) is 17.8. The van der Waals surface area contributed by atoms with Crippen molar-refractivity contribution in [2.24, 2.45) is 0 Å². The standard InChI is InChI=1S/C33H43BN2O7Si/c1-23-25(22-40-27-14-12-26(13-15-27)34-42-31(37)20-36(6)21-32(38)43-34)10-9-11-28(23)29-16-17-30(35-24(29)2)39-18-19-41-44(7,8)33(3,4)5/h9-17H,18-22H2,1-8H3. The van der Waals surface area contributed by atoms with Crippen LogP contribution in [-0.2, 0) is 29.9 Å². The predicted molar refractivity (Wildman–Crippen MR) is 174 cm³/mol. The van der Waals surface area contributed by atoms with Gasteiger partial charge in [-0.05, 0) is 73.9 Å². The van der Waals surface area contributed by atoms with E-state index in [0.717, 1.165) is 27.9 Å². The highest BCUT2D eigenvalue weighted by molar-refractivity contribution is 6.74. The molecule has 0 unspecified atom stereocenters. The van der Waals surface area contributed by atoms with Crippen LogP contribution in [-0.4, -0.2) is 70.6 Å². The minimum atomic E-state index is -1.81. The molecule has 1 aliphatic heterocycles. The van der Waals surface area contributed by atoms with E-state index in [-0.39, 0.29) is 18.1 Å². The molecule has 3 aromatic rings. The maximum absolute atomic E-state index is 12.1. The van der Waals surface area contributed by atoms with E-state index in [2.05, 4.69) is 46.9 Å². The van der Waals surface area contributed by atoms with Gasteiger partial charge in [-0.3, -0.25) is 14.5 Å². The van der Waals surface area contributed by atoms with E-state index >= 15 is 0 Å². The first-order valence-electron chi connectivity index (χ1n) is 14.9. The van der Waals surface area contributed by atoms with Crippen LogP contribution in [0.25, 0.3) is 11.1 Å². The molecular weight excluding hydrogens is 575 g/mol. The van der Waals surface area contributed by atoms with Crippen molar-refractivity contribution in [1.29, 1.82) is 0 Å². The minimum absolute atomic E-state index is 0.0196. The molecule has 2 heterocycles. The molecule has 0 radical (unpaired) electrons. The number of ether oxygens (including phenoxy) is 2. The Hall–Kier alpha value is -3.67. The van der Waals surface area contributed by atoms with Crippen molar-refractivity contribution in [1.82, 2.24) is 9.88 Å². The fourth-order valence-corrected chi connectivity index (χ4v) is 5.57. The Morgan fingerprint density at radius 2 is 1.55 bits per heavy atom. The Balaban J connectivity index is 1.37. The van der Waals surface area contributed by atoms with Crippen LogP contribution in [0.5, 0.6) is 11.6 Å². The quantitative estimate of drug-likeness (QED) is 0.228. The van der Waals surface area contributed by atoms with Gasteiger partial charge >= 0.3 is 19.1 Å². The lowest BCUT2D eigenvalue weighted by atomic mass is 9.78. The lowest BCUT2D eigenvalue weighted by Crippen LogP contribution is -2.47. The molecule has 234 valence electrons. The van der Waals surface area contributed by atoms with Gasteiger partial charge in [-0.15, -0.1) is 0 Å². The van der Waals surface area contributed by atoms with Gasteiger partial charge in [0.05, 0.1) is 19.7 Å². The normalized spacial score (nSPS) is 14.9. The molecule has 1 aliphatic rings. The number of nitrogens with zero attached hydrogens (tertiary/aromatic N) is 2. The second-order valence-corrected chi connectivity index (χ2v) is 17.5. The van der Waals surface area contributed by atoms with E-state index in [1.807, 2.05) is 31.2 Å². The maximum atomic E-state index is 12.1. The lowest BCUT2D eigenvalue weighted by Gasteiger charge is -2.36. The molecule has 0 atom stereocenters. The Bertz CT molecular complexity index is 1450. The maximum Gasteiger partial charge on any atom is 0.636 e. The van der Waals surface area contributed by atoms with Crippen molar-refractivity contribution in [3.05, 3.63) is 71.4 Å². The third-order valence-electron chi connectivity index (χ3n) is 8.22. The molecule has 1 aromatic heterocycles. The van der Waals surface area contributed by atoms with Gasteiger partial charge in [0.1, 0.15) is 19.0 Å². The summed E-state index contributed by atoms with van der Waals surface area (Å²) in [5.74, 6) is 0.306. The van der Waals surface area contributed by atoms with Crippen molar-refractivity contribution in [3.63, 3.8) is 0 Å². The second kappa shape index (κ2) is 14.0. The molecule has 0 bridgehead atoms. The van der Waals surface area contributed by atoms with E-state index in [9.17, 15) is 9.59 Å². The SMILES string of the molecule is Cc1nc(OCCO[Si](C)(C)C(C)(C)C)ccc1-c1cccc(COc2ccc(B3OC(=O)CN(C)CC(=O)O3)cc2)c1C. The van der Waals surface area contributed by atoms with Gasteiger partial charge in [0.15, 0.2) is 8.32 Å². The summed E-state index contributed by atoms with van der Waals surface area (Å²) >= 11 is 0. The van der Waals surface area contributed by atoms with Crippen LogP contribution in [0.15, 0.2) is 54.6 Å². The molecule has 2 aromatic carbocycles. The van der Waals surface area contributed by atoms with Crippen molar-refractivity contribution < 1.29 is 32.8 Å². The van der Waals surface area contributed by atoms with Gasteiger partial charge in [0.2, 0.25) is 5.88 Å². The smallest absolute Gasteiger partial charge is 0.494 e. The highest BCUT2D eigenvalue weighted by Crippen LogP contribution is 2.36. The number of likely N-dealkylation sites (N-methyl/N-ethyl adjacent to an activating group) is 1. The molecule has 0 N–H and O–H groups in total. The number of benzene rings is 2. The summed E-state index contributed by atoms with van der Waals surface area (Å²) in [6.07, 6.45) is 0. The summed E-state index contributed by atoms with van der Waals surface area (Å²) in [4.78, 5) is 30.4. The Kier molecular flexibility index (Phi) is 10.5. The third-order valence-corrected chi connectivity index (χ3v) is 12.8. The van der Waals surface area contributed by atoms with Crippen LogP contribution in [0.1, 0.15) is 37.6 Å². The van der Waals surface area contributed by atoms with Crippen LogP contribution >= 0.6 is 0 Å². The summed E-state index contributed by atoms with van der Waals surface area (Å²) in [6.45, 7) is 16.6. The van der Waals surface area contributed by atoms with E-state index in [1.54, 1.807) is 36.2 Å². The number of hydrogen-bond donors (Lipinski definition) is 0. The first-order chi connectivity index (χ1) is 20.7. The van der Waals surface area contributed by atoms with Crippen LogP contribution in [0, 0.1) is 13.8 Å². The van der Waals surface area contributed by atoms with E-state index < -0.39 is 27.4 Å². The fourth-order valence-electron chi connectivity index (χ4n) is 4.55. The molecule has 0 amide bonds. The first kappa shape index (κ1) is 33.2. The Labute approximate surface area is 262 Å². The molecule has 1 saturated heterocycles. The molecule has 0 spiro atoms. The molecule has 44 heavy (non-hydrogen) atoms. The lowest BCUT2D eigenvalue weighted by molar-refractivity contribution is -0.145. The molecule has 11 heteroatoms. The van der Waals surface area contributed by atoms with Gasteiger partial charge in [0.25, 0.3) is 0 Å². The summed E-state index contributed by atoms with van der Waals surface area (Å²) < 4.78 is 28.9. The van der Waals surface area contributed by atoms with Gasteiger partial charge < -0.3 is 23.2 Å². The van der Waals surface area contributed by atoms with Crippen LogP contribution in [0.2, 0.25) is 18.1 Å². The fraction of sp³-hybridized carbons (Fsp3) is 0.424. The van der Waals surface area contributed by atoms with E-state index in [1.165, 1.54) is 0 Å². The van der Waals surface area contributed by atoms with Crippen LogP contribution in [0.3, 0.4) is 0 Å². The number of aryl methyl sites for hydroxylation is 1. The second-order valence-electron chi connectivity index (χ2n) is 12.7. The average Bonchev–Trinajstić information content (AvgIpc) is 2.93. The largest absolute Gasteiger partial charge is 0.636 e. The van der Waals surface area contributed by atoms with Crippen molar-refractivity contribution in [2.75, 3.05) is 33.4 Å². The van der Waals surface area contributed by atoms with Crippen molar-refractivity contribution >= 4 is 32.8 Å². The molecule has 9 nitrogen and oxygen atoms in total. The zero-order chi connectivity index (χ0) is 32.1. The molecule has 0 aliphatic carbocycles. The number of rotatable bonds is 10. The molecule has 0 saturated carbocycles. The zero-order valence-corrected chi connectivity index (χ0v) is 28.1. The van der Waals surface area contributed by atoms with Gasteiger partial charge in [-0.25, -0.2) is 4.98 Å². The number of aromatic nitrogens is 1. The van der Waals surface area contributed by atoms with Crippen LogP contribution in [0.4, 0.5) is 0 Å². The summed E-state index contributed by atoms with van der Waals surface area (Å²) in [6, 6.07) is 17.1. The van der Waals surface area contributed by atoms with Gasteiger partial charge in [-0.1, -0.05) is 51.1 Å². The third kappa shape index (κ3) is 8.49. The number of carbonyl (C=O) groups is 2. The number of hydrogen-bond acceptors (Lipinski definition) is 9. The summed E-state index contributed by atoms with van der Waals surface area (Å²) in [7, 11) is -1.24. The Morgan fingerprint density at radius 1 is 0.886 bits per heavy atom. The minimum Gasteiger partial charge on any atom is -0.494 e. The molecular formula is C33H43BN2O7Si. The monoisotopic (exact) mass is 618 g/mol. The van der Waals surface area contributed by atoms with Gasteiger partial charge in [-0.2, -0.15) is 0 Å². The number of pyridine rings is 1. The topological polar surface area (TPSA) is 96.4 Å². The zero-order valence-electron chi connectivity index (χ0n) is 27.1. The van der Waals surface area contributed by atoms with Crippen molar-refractivity contribution in [2.45, 2.75) is 59.4 Å². The predicted octanol–water partition coefficient (Wildman–Crippen LogP) is 5.07. The van der Waals surface area contributed by atoms with Gasteiger partial charge in [0, 0.05) is 22.8 Å². The number of carbonyl (C=O) groups excluding carboxylic acids is 2. The van der Waals surface area contributed by atoms with Crippen molar-refractivity contribution in [3.8, 4) is 22.8 Å². The Morgan fingerprint density at radius 3 is 2.16 bits per heavy atom. The highest BCUT2D eigenvalue weighted by Gasteiger charge is 2.37. The van der Waals surface area contributed by atoms with Crippen LogP contribution < -0.4 is 14.9 Å². The average molecular weight is 619 g/mol.